The molecule has 0 aliphatic rings. The van der Waals surface area contributed by atoms with Crippen molar-refractivity contribution >= 4 is 7.60 Å². The monoisotopic (exact) mass is 387 g/mol. The largest absolute Gasteiger partial charge is 0.329 e. The molecule has 0 spiro atoms. The van der Waals surface area contributed by atoms with Crippen molar-refractivity contribution in [2.45, 2.75) is 58.5 Å². The van der Waals surface area contributed by atoms with Crippen LogP contribution in [0.2, 0.25) is 0 Å². The van der Waals surface area contributed by atoms with Crippen LogP contribution < -0.4 is 0 Å². The van der Waals surface area contributed by atoms with E-state index in [2.05, 4.69) is 31.2 Å². The summed E-state index contributed by atoms with van der Waals surface area (Å²) in [7, 11) is -4.21. The molecular formula is C23H32O3P. The summed E-state index contributed by atoms with van der Waals surface area (Å²) in [4.78, 5) is 20.2. The van der Waals surface area contributed by atoms with Gasteiger partial charge in [0.25, 0.3) is 0 Å². The van der Waals surface area contributed by atoms with Crippen LogP contribution in [0.3, 0.4) is 0 Å². The molecule has 0 saturated heterocycles. The Bertz CT molecular complexity index is 680. The molecule has 1 atom stereocenters. The van der Waals surface area contributed by atoms with Crippen molar-refractivity contribution in [2.75, 3.05) is 0 Å². The molecule has 0 saturated carbocycles. The highest BCUT2D eigenvalue weighted by Gasteiger charge is 2.45. The Morgan fingerprint density at radius 3 is 1.74 bits per heavy atom. The van der Waals surface area contributed by atoms with Gasteiger partial charge in [-0.1, -0.05) is 94.3 Å². The topological polar surface area (TPSA) is 57.5 Å². The fraction of sp³-hybridized carbons (Fsp3) is 0.435. The summed E-state index contributed by atoms with van der Waals surface area (Å²) in [6.45, 7) is 6.07. The molecule has 2 aromatic rings. The predicted octanol–water partition coefficient (Wildman–Crippen LogP) is 5.81. The number of unbranched alkanes of at least 4 members (excludes halogenated alkanes) is 1. The van der Waals surface area contributed by atoms with E-state index in [1.807, 2.05) is 50.2 Å². The molecule has 0 heterocycles. The maximum absolute atomic E-state index is 12.4. The zero-order valence-corrected chi connectivity index (χ0v) is 17.5. The van der Waals surface area contributed by atoms with Crippen LogP contribution in [0.4, 0.5) is 0 Å². The van der Waals surface area contributed by atoms with Crippen LogP contribution in [-0.4, -0.2) is 15.4 Å². The highest BCUT2D eigenvalue weighted by molar-refractivity contribution is 7.52. The molecule has 2 N–H and O–H groups in total. The van der Waals surface area contributed by atoms with Crippen LogP contribution in [0.15, 0.2) is 60.7 Å². The maximum atomic E-state index is 12.4. The Morgan fingerprint density at radius 1 is 0.926 bits per heavy atom. The standard InChI is InChI=1S/C23H32O3P/c1-4-5-16-22(27(24,25)26)23(2,3)21(17-19-12-8-6-9-13-19)18-20-14-10-7-11-15-20/h6-15,22H,4-5,16-18H2,1-3H3,(H2,24,25,26). The first-order chi connectivity index (χ1) is 12.7. The van der Waals surface area contributed by atoms with E-state index < -0.39 is 18.7 Å². The van der Waals surface area contributed by atoms with E-state index >= 15 is 0 Å². The van der Waals surface area contributed by atoms with Gasteiger partial charge in [-0.3, -0.25) is 4.57 Å². The van der Waals surface area contributed by atoms with Crippen molar-refractivity contribution in [1.82, 2.24) is 0 Å². The molecule has 0 aromatic heterocycles. The molecule has 3 nitrogen and oxygen atoms in total. The molecule has 4 heteroatoms. The lowest BCUT2D eigenvalue weighted by Gasteiger charge is -2.41. The lowest BCUT2D eigenvalue weighted by Crippen LogP contribution is -2.37. The Labute approximate surface area is 164 Å². The SMILES string of the molecule is CCCCC(C(C)(C)[C](Cc1ccccc1)Cc1ccccc1)P(=O)(O)O. The molecule has 147 valence electrons. The average molecular weight is 387 g/mol. The summed E-state index contributed by atoms with van der Waals surface area (Å²) in [5.41, 5.74) is 1.13. The summed E-state index contributed by atoms with van der Waals surface area (Å²) in [5.74, 6) is 1.17. The third-order valence-corrected chi connectivity index (χ3v) is 7.22. The van der Waals surface area contributed by atoms with E-state index in [0.717, 1.165) is 25.7 Å². The lowest BCUT2D eigenvalue weighted by molar-refractivity contribution is 0.266. The normalized spacial score (nSPS) is 13.7. The molecule has 2 rings (SSSR count). The van der Waals surface area contributed by atoms with Gasteiger partial charge >= 0.3 is 7.60 Å². The fourth-order valence-corrected chi connectivity index (χ4v) is 5.33. The molecule has 2 aromatic carbocycles. The van der Waals surface area contributed by atoms with Crippen molar-refractivity contribution in [2.24, 2.45) is 5.41 Å². The van der Waals surface area contributed by atoms with Crippen LogP contribution in [0.25, 0.3) is 0 Å². The quantitative estimate of drug-likeness (QED) is 0.506. The van der Waals surface area contributed by atoms with Gasteiger partial charge in [-0.15, -0.1) is 0 Å². The molecule has 0 amide bonds. The average Bonchev–Trinajstić information content (AvgIpc) is 2.62. The van der Waals surface area contributed by atoms with Gasteiger partial charge in [-0.2, -0.15) is 0 Å². The zero-order valence-electron chi connectivity index (χ0n) is 16.6. The first kappa shape index (κ1) is 21.9. The zero-order chi connectivity index (χ0) is 19.9. The molecule has 0 aliphatic heterocycles. The second-order valence-corrected chi connectivity index (χ2v) is 9.70. The number of hydrogen-bond donors (Lipinski definition) is 2. The minimum absolute atomic E-state index is 0.543. The highest BCUT2D eigenvalue weighted by Crippen LogP contribution is 2.56. The van der Waals surface area contributed by atoms with E-state index in [-0.39, 0.29) is 0 Å². The Kier molecular flexibility index (Phi) is 7.85. The third-order valence-electron chi connectivity index (χ3n) is 5.50. The van der Waals surface area contributed by atoms with Crippen molar-refractivity contribution in [1.29, 1.82) is 0 Å². The molecule has 27 heavy (non-hydrogen) atoms. The lowest BCUT2D eigenvalue weighted by atomic mass is 9.69. The van der Waals surface area contributed by atoms with Crippen molar-refractivity contribution < 1.29 is 14.4 Å². The van der Waals surface area contributed by atoms with Gasteiger partial charge in [0.05, 0.1) is 5.66 Å². The van der Waals surface area contributed by atoms with Crippen LogP contribution in [-0.2, 0) is 17.4 Å². The summed E-state index contributed by atoms with van der Waals surface area (Å²) in [6, 6.07) is 20.4. The predicted molar refractivity (Wildman–Crippen MR) is 113 cm³/mol. The summed E-state index contributed by atoms with van der Waals surface area (Å²) in [6.07, 6.45) is 3.75. The highest BCUT2D eigenvalue weighted by atomic mass is 31.2. The van der Waals surface area contributed by atoms with Gasteiger partial charge in [0, 0.05) is 0 Å². The third kappa shape index (κ3) is 6.31. The first-order valence-corrected chi connectivity index (χ1v) is 11.4. The van der Waals surface area contributed by atoms with E-state index in [1.54, 1.807) is 0 Å². The van der Waals surface area contributed by atoms with Crippen LogP contribution >= 0.6 is 7.60 Å². The molecule has 0 fully saturated rings. The van der Waals surface area contributed by atoms with E-state index in [1.165, 1.54) is 17.0 Å². The molecule has 1 unspecified atom stereocenters. The molecule has 0 aliphatic carbocycles. The fourth-order valence-electron chi connectivity index (χ4n) is 3.79. The maximum Gasteiger partial charge on any atom is 0.329 e. The Hall–Kier alpha value is -1.41. The summed E-state index contributed by atoms with van der Waals surface area (Å²) >= 11 is 0. The van der Waals surface area contributed by atoms with Gasteiger partial charge in [-0.05, 0) is 41.7 Å². The van der Waals surface area contributed by atoms with Crippen LogP contribution in [0.1, 0.15) is 51.2 Å². The molecule has 1 radical (unpaired) electrons. The van der Waals surface area contributed by atoms with E-state index in [0.29, 0.717) is 6.42 Å². The van der Waals surface area contributed by atoms with Gasteiger partial charge < -0.3 is 9.79 Å². The van der Waals surface area contributed by atoms with Gasteiger partial charge in [-0.25, -0.2) is 0 Å². The Balaban J connectivity index is 2.37. The number of rotatable bonds is 10. The molecule has 0 bridgehead atoms. The molecular weight excluding hydrogens is 355 g/mol. The summed E-state index contributed by atoms with van der Waals surface area (Å²) in [5, 5.41) is 0. The first-order valence-electron chi connectivity index (χ1n) is 9.73. The minimum Gasteiger partial charge on any atom is -0.324 e. The number of hydrogen-bond acceptors (Lipinski definition) is 1. The van der Waals surface area contributed by atoms with Gasteiger partial charge in [0.1, 0.15) is 0 Å². The van der Waals surface area contributed by atoms with Crippen LogP contribution in [0.5, 0.6) is 0 Å². The second kappa shape index (κ2) is 9.68. The van der Waals surface area contributed by atoms with Crippen molar-refractivity contribution in [3.05, 3.63) is 77.7 Å². The van der Waals surface area contributed by atoms with Crippen LogP contribution in [0, 0.1) is 11.3 Å². The minimum atomic E-state index is -4.21. The smallest absolute Gasteiger partial charge is 0.324 e. The number of benzene rings is 2. The van der Waals surface area contributed by atoms with Crippen molar-refractivity contribution in [3.8, 4) is 0 Å². The van der Waals surface area contributed by atoms with Gasteiger partial charge in [0.15, 0.2) is 0 Å². The Morgan fingerprint density at radius 2 is 1.37 bits per heavy atom. The van der Waals surface area contributed by atoms with Gasteiger partial charge in [0.2, 0.25) is 0 Å². The van der Waals surface area contributed by atoms with E-state index in [9.17, 15) is 14.4 Å². The second-order valence-electron chi connectivity index (χ2n) is 7.90. The van der Waals surface area contributed by atoms with Crippen molar-refractivity contribution in [3.63, 3.8) is 0 Å². The summed E-state index contributed by atoms with van der Waals surface area (Å²) < 4.78 is 12.4. The van der Waals surface area contributed by atoms with E-state index in [4.69, 9.17) is 0 Å².